The highest BCUT2D eigenvalue weighted by Crippen LogP contribution is 2.29. The molecule has 20 heavy (non-hydrogen) atoms. The molecular weight excluding hydrogens is 327 g/mol. The lowest BCUT2D eigenvalue weighted by Gasteiger charge is -2.36. The van der Waals surface area contributed by atoms with E-state index in [4.69, 9.17) is 0 Å². The van der Waals surface area contributed by atoms with Gasteiger partial charge in [-0.3, -0.25) is 9.59 Å². The summed E-state index contributed by atoms with van der Waals surface area (Å²) in [6, 6.07) is 4.18. The Morgan fingerprint density at radius 1 is 1.45 bits per heavy atom. The normalized spacial score (nSPS) is 25.3. The first-order chi connectivity index (χ1) is 9.58. The van der Waals surface area contributed by atoms with E-state index in [0.29, 0.717) is 17.6 Å². The summed E-state index contributed by atoms with van der Waals surface area (Å²) < 4.78 is 14.5. The summed E-state index contributed by atoms with van der Waals surface area (Å²) in [5.74, 6) is -1.02. The minimum atomic E-state index is -0.530. The molecule has 1 aromatic carbocycles. The van der Waals surface area contributed by atoms with Gasteiger partial charge in [0.1, 0.15) is 5.82 Å². The molecule has 0 bridgehead atoms. The van der Waals surface area contributed by atoms with Crippen molar-refractivity contribution in [3.8, 4) is 0 Å². The van der Waals surface area contributed by atoms with E-state index in [2.05, 4.69) is 21.2 Å². The summed E-state index contributed by atoms with van der Waals surface area (Å²) in [7, 11) is 0. The van der Waals surface area contributed by atoms with Crippen LogP contribution in [0.3, 0.4) is 0 Å². The standard InChI is InChI=1S/C14H14BrFN2O2/c15-8-3-4-11(16)10(6-8)14(20)18-5-1-2-9-12(18)7-17-13(9)19/h3-4,6,9,12H,1-2,5,7H2,(H,17,19). The molecule has 2 fully saturated rings. The molecule has 0 aliphatic carbocycles. The smallest absolute Gasteiger partial charge is 0.257 e. The second-order valence-corrected chi connectivity index (χ2v) is 6.10. The lowest BCUT2D eigenvalue weighted by atomic mass is 9.91. The van der Waals surface area contributed by atoms with Crippen molar-refractivity contribution in [2.45, 2.75) is 18.9 Å². The Labute approximate surface area is 124 Å². The molecule has 2 aliphatic heterocycles. The molecule has 2 saturated heterocycles. The van der Waals surface area contributed by atoms with Crippen LogP contribution in [-0.2, 0) is 4.79 Å². The maximum absolute atomic E-state index is 13.8. The molecule has 0 saturated carbocycles. The largest absolute Gasteiger partial charge is 0.354 e. The van der Waals surface area contributed by atoms with Crippen LogP contribution in [0.5, 0.6) is 0 Å². The lowest BCUT2D eigenvalue weighted by molar-refractivity contribution is -0.123. The maximum Gasteiger partial charge on any atom is 0.257 e. The number of benzene rings is 1. The molecule has 0 spiro atoms. The Hall–Kier alpha value is -1.43. The van der Waals surface area contributed by atoms with Gasteiger partial charge in [-0.25, -0.2) is 4.39 Å². The second-order valence-electron chi connectivity index (χ2n) is 5.18. The molecule has 3 rings (SSSR count). The zero-order chi connectivity index (χ0) is 14.3. The molecule has 2 heterocycles. The minimum absolute atomic E-state index is 0.00205. The van der Waals surface area contributed by atoms with E-state index in [9.17, 15) is 14.0 Å². The highest BCUT2D eigenvalue weighted by Gasteiger charge is 2.43. The van der Waals surface area contributed by atoms with Crippen molar-refractivity contribution in [3.05, 3.63) is 34.1 Å². The van der Waals surface area contributed by atoms with Crippen molar-refractivity contribution in [3.63, 3.8) is 0 Å². The molecule has 1 N–H and O–H groups in total. The third-order valence-electron chi connectivity index (χ3n) is 4.02. The van der Waals surface area contributed by atoms with Crippen LogP contribution in [0.2, 0.25) is 0 Å². The number of rotatable bonds is 1. The van der Waals surface area contributed by atoms with Crippen LogP contribution in [0.1, 0.15) is 23.2 Å². The Balaban J connectivity index is 1.90. The molecule has 106 valence electrons. The van der Waals surface area contributed by atoms with Gasteiger partial charge < -0.3 is 10.2 Å². The third-order valence-corrected chi connectivity index (χ3v) is 4.51. The van der Waals surface area contributed by atoms with E-state index in [0.717, 1.165) is 12.8 Å². The molecular formula is C14H14BrFN2O2. The van der Waals surface area contributed by atoms with E-state index >= 15 is 0 Å². The maximum atomic E-state index is 13.8. The SMILES string of the molecule is O=C1NCC2C1CCCN2C(=O)c1cc(Br)ccc1F. The average Bonchev–Trinajstić information content (AvgIpc) is 2.83. The van der Waals surface area contributed by atoms with E-state index in [-0.39, 0.29) is 29.3 Å². The van der Waals surface area contributed by atoms with Gasteiger partial charge in [0.25, 0.3) is 5.91 Å². The molecule has 1 aromatic rings. The van der Waals surface area contributed by atoms with E-state index < -0.39 is 5.82 Å². The summed E-state index contributed by atoms with van der Waals surface area (Å²) >= 11 is 3.25. The van der Waals surface area contributed by atoms with Crippen LogP contribution >= 0.6 is 15.9 Å². The quantitative estimate of drug-likeness (QED) is 0.849. The van der Waals surface area contributed by atoms with Crippen LogP contribution in [0.4, 0.5) is 4.39 Å². The van der Waals surface area contributed by atoms with E-state index in [1.165, 1.54) is 12.1 Å². The summed E-state index contributed by atoms with van der Waals surface area (Å²) in [6.45, 7) is 1.03. The number of likely N-dealkylation sites (tertiary alicyclic amines) is 1. The van der Waals surface area contributed by atoms with Crippen LogP contribution in [0.25, 0.3) is 0 Å². The van der Waals surface area contributed by atoms with Gasteiger partial charge in [0, 0.05) is 17.6 Å². The Bertz CT molecular complexity index is 578. The van der Waals surface area contributed by atoms with E-state index in [1.807, 2.05) is 0 Å². The predicted molar refractivity (Wildman–Crippen MR) is 74.7 cm³/mol. The molecule has 0 aromatic heterocycles. The van der Waals surface area contributed by atoms with Crippen LogP contribution in [-0.4, -0.2) is 35.8 Å². The fraction of sp³-hybridized carbons (Fsp3) is 0.429. The molecule has 2 unspecified atom stereocenters. The van der Waals surface area contributed by atoms with Crippen molar-refractivity contribution in [1.29, 1.82) is 0 Å². The van der Waals surface area contributed by atoms with Gasteiger partial charge >= 0.3 is 0 Å². The van der Waals surface area contributed by atoms with Gasteiger partial charge in [-0.2, -0.15) is 0 Å². The number of amides is 2. The van der Waals surface area contributed by atoms with Crippen LogP contribution < -0.4 is 5.32 Å². The molecule has 2 aliphatic rings. The number of nitrogens with one attached hydrogen (secondary N) is 1. The summed E-state index contributed by atoms with van der Waals surface area (Å²) in [4.78, 5) is 25.9. The first kappa shape index (κ1) is 13.5. The van der Waals surface area contributed by atoms with Crippen molar-refractivity contribution in [2.75, 3.05) is 13.1 Å². The van der Waals surface area contributed by atoms with Gasteiger partial charge in [0.15, 0.2) is 0 Å². The van der Waals surface area contributed by atoms with Crippen LogP contribution in [0.15, 0.2) is 22.7 Å². The van der Waals surface area contributed by atoms with Crippen LogP contribution in [0, 0.1) is 11.7 Å². The summed E-state index contributed by atoms with van der Waals surface area (Å²) in [5, 5.41) is 2.79. The fourth-order valence-electron chi connectivity index (χ4n) is 3.02. The number of hydrogen-bond donors (Lipinski definition) is 1. The van der Waals surface area contributed by atoms with Crippen molar-refractivity contribution in [2.24, 2.45) is 5.92 Å². The molecule has 6 heteroatoms. The zero-order valence-electron chi connectivity index (χ0n) is 10.7. The van der Waals surface area contributed by atoms with Gasteiger partial charge in [0.05, 0.1) is 17.5 Å². The van der Waals surface area contributed by atoms with Gasteiger partial charge in [-0.05, 0) is 31.0 Å². The molecule has 0 radical (unpaired) electrons. The number of carbonyl (C=O) groups excluding carboxylic acids is 2. The highest BCUT2D eigenvalue weighted by molar-refractivity contribution is 9.10. The monoisotopic (exact) mass is 340 g/mol. The Morgan fingerprint density at radius 2 is 2.25 bits per heavy atom. The topological polar surface area (TPSA) is 49.4 Å². The van der Waals surface area contributed by atoms with Gasteiger partial charge in [-0.1, -0.05) is 15.9 Å². The first-order valence-corrected chi connectivity index (χ1v) is 7.41. The van der Waals surface area contributed by atoms with Crippen molar-refractivity contribution >= 4 is 27.7 Å². The number of halogens is 2. The zero-order valence-corrected chi connectivity index (χ0v) is 12.3. The van der Waals surface area contributed by atoms with Crippen molar-refractivity contribution in [1.82, 2.24) is 10.2 Å². The third kappa shape index (κ3) is 2.22. The minimum Gasteiger partial charge on any atom is -0.354 e. The highest BCUT2D eigenvalue weighted by atomic mass is 79.9. The lowest BCUT2D eigenvalue weighted by Crippen LogP contribution is -2.48. The second kappa shape index (κ2) is 5.16. The summed E-state index contributed by atoms with van der Waals surface area (Å²) in [6.07, 6.45) is 1.57. The Kier molecular flexibility index (Phi) is 3.50. The number of nitrogens with zero attached hydrogens (tertiary/aromatic N) is 1. The number of hydrogen-bond acceptors (Lipinski definition) is 2. The molecule has 2 amide bonds. The fourth-order valence-corrected chi connectivity index (χ4v) is 3.38. The predicted octanol–water partition coefficient (Wildman–Crippen LogP) is 1.94. The van der Waals surface area contributed by atoms with Gasteiger partial charge in [0.2, 0.25) is 5.91 Å². The van der Waals surface area contributed by atoms with Gasteiger partial charge in [-0.15, -0.1) is 0 Å². The average molecular weight is 341 g/mol. The Morgan fingerprint density at radius 3 is 3.05 bits per heavy atom. The first-order valence-electron chi connectivity index (χ1n) is 6.61. The van der Waals surface area contributed by atoms with E-state index in [1.54, 1.807) is 11.0 Å². The number of fused-ring (bicyclic) bond motifs is 1. The molecule has 2 atom stereocenters. The number of piperidine rings is 1. The summed E-state index contributed by atoms with van der Waals surface area (Å²) in [5.41, 5.74) is 0.0550. The van der Waals surface area contributed by atoms with Crippen molar-refractivity contribution < 1.29 is 14.0 Å². The number of carbonyl (C=O) groups is 2. The molecule has 4 nitrogen and oxygen atoms in total.